The van der Waals surface area contributed by atoms with E-state index >= 15 is 0 Å². The highest BCUT2D eigenvalue weighted by atomic mass is 35.5. The first-order chi connectivity index (χ1) is 23.8. The molecule has 0 radical (unpaired) electrons. The lowest BCUT2D eigenvalue weighted by molar-refractivity contribution is -0.155. The smallest absolute Gasteiger partial charge is 0.344 e. The van der Waals surface area contributed by atoms with Crippen LogP contribution in [0, 0.1) is 5.82 Å². The molecular weight excluding hydrogens is 685 g/mol. The molecule has 3 heterocycles. The van der Waals surface area contributed by atoms with Crippen molar-refractivity contribution in [3.63, 3.8) is 0 Å². The maximum absolute atomic E-state index is 14.9. The quantitative estimate of drug-likeness (QED) is 0.231. The number of carbonyl (C=O) groups excluding carboxylic acids is 5. The highest BCUT2D eigenvalue weighted by Crippen LogP contribution is 2.31. The van der Waals surface area contributed by atoms with E-state index in [1.807, 2.05) is 0 Å². The van der Waals surface area contributed by atoms with Gasteiger partial charge in [0, 0.05) is 31.9 Å². The molecule has 1 fully saturated rings. The zero-order chi connectivity index (χ0) is 36.1. The van der Waals surface area contributed by atoms with Gasteiger partial charge in [-0.05, 0) is 30.3 Å². The van der Waals surface area contributed by atoms with Gasteiger partial charge in [0.1, 0.15) is 30.1 Å². The lowest BCUT2D eigenvalue weighted by Gasteiger charge is -2.18. The summed E-state index contributed by atoms with van der Waals surface area (Å²) >= 11 is 6.10. The summed E-state index contributed by atoms with van der Waals surface area (Å²) in [6.45, 7) is 1.89. The molecule has 17 heteroatoms. The van der Waals surface area contributed by atoms with Crippen LogP contribution in [-0.2, 0) is 23.8 Å². The van der Waals surface area contributed by atoms with Gasteiger partial charge in [0.25, 0.3) is 11.5 Å². The number of carbonyl (C=O) groups is 5. The van der Waals surface area contributed by atoms with Gasteiger partial charge < -0.3 is 23.7 Å². The molecule has 2 aromatic carbocycles. The number of rotatable bonds is 9. The first kappa shape index (κ1) is 35.3. The van der Waals surface area contributed by atoms with Gasteiger partial charge in [-0.3, -0.25) is 23.7 Å². The Labute approximate surface area is 285 Å². The van der Waals surface area contributed by atoms with E-state index in [4.69, 9.17) is 35.3 Å². The summed E-state index contributed by atoms with van der Waals surface area (Å²) in [6, 6.07) is 13.8. The number of benzene rings is 2. The van der Waals surface area contributed by atoms with E-state index in [1.54, 1.807) is 18.2 Å². The second-order valence-electron chi connectivity index (χ2n) is 10.6. The van der Waals surface area contributed by atoms with Gasteiger partial charge >= 0.3 is 29.6 Å². The Balaban J connectivity index is 1.37. The lowest BCUT2D eigenvalue weighted by atomic mass is 10.1. The van der Waals surface area contributed by atoms with Crippen LogP contribution in [0.4, 0.5) is 4.39 Å². The first-order valence-corrected chi connectivity index (χ1v) is 15.0. The maximum atomic E-state index is 14.9. The fourth-order valence-electron chi connectivity index (χ4n) is 4.82. The fourth-order valence-corrected chi connectivity index (χ4v) is 4.96. The van der Waals surface area contributed by atoms with Crippen molar-refractivity contribution < 1.29 is 52.0 Å². The van der Waals surface area contributed by atoms with Crippen molar-refractivity contribution in [1.29, 1.82) is 0 Å². The van der Waals surface area contributed by atoms with Gasteiger partial charge in [-0.2, -0.15) is 8.96 Å². The van der Waals surface area contributed by atoms with Crippen molar-refractivity contribution in [2.24, 2.45) is 0 Å². The highest BCUT2D eigenvalue weighted by Gasteiger charge is 2.40. The zero-order valence-corrected chi connectivity index (χ0v) is 26.8. The topological polar surface area (TPSA) is 188 Å². The van der Waals surface area contributed by atoms with Crippen LogP contribution < -0.4 is 20.7 Å². The normalized spacial score (nSPS) is 16.7. The molecule has 1 aliphatic rings. The molecule has 0 spiro atoms. The molecule has 1 saturated heterocycles. The van der Waals surface area contributed by atoms with Gasteiger partial charge in [0.2, 0.25) is 11.7 Å². The van der Waals surface area contributed by atoms with Gasteiger partial charge in [0.15, 0.2) is 5.75 Å². The highest BCUT2D eigenvalue weighted by molar-refractivity contribution is 6.32. The molecule has 3 atom stereocenters. The largest absolute Gasteiger partial charge is 0.463 e. The van der Waals surface area contributed by atoms with Crippen molar-refractivity contribution in [3.8, 4) is 11.6 Å². The predicted molar refractivity (Wildman–Crippen MR) is 167 cm³/mol. The van der Waals surface area contributed by atoms with E-state index in [0.717, 1.165) is 32.2 Å². The number of esters is 4. The average Bonchev–Trinajstić information content (AvgIpc) is 3.48. The average molecular weight is 710 g/mol. The molecular formula is C33H25ClFN3O12. The van der Waals surface area contributed by atoms with E-state index < -0.39 is 65.3 Å². The van der Waals surface area contributed by atoms with Crippen LogP contribution in [0.3, 0.4) is 0 Å². The molecule has 0 amide bonds. The number of aromatic nitrogens is 3. The Kier molecular flexibility index (Phi) is 10.6. The van der Waals surface area contributed by atoms with Gasteiger partial charge in [-0.1, -0.05) is 35.9 Å². The van der Waals surface area contributed by atoms with Gasteiger partial charge in [0.05, 0.1) is 23.5 Å². The maximum Gasteiger partial charge on any atom is 0.344 e. The molecule has 0 bridgehead atoms. The Morgan fingerprint density at radius 3 is 2.30 bits per heavy atom. The Morgan fingerprint density at radius 2 is 1.60 bits per heavy atom. The van der Waals surface area contributed by atoms with Crippen LogP contribution in [-0.4, -0.2) is 62.7 Å². The summed E-state index contributed by atoms with van der Waals surface area (Å²) in [6.07, 6.45) is -2.01. The van der Waals surface area contributed by atoms with E-state index in [9.17, 15) is 38.0 Å². The molecule has 50 heavy (non-hydrogen) atoms. The molecule has 0 aliphatic carbocycles. The number of ether oxygens (including phenoxy) is 5. The molecule has 258 valence electrons. The summed E-state index contributed by atoms with van der Waals surface area (Å²) in [5, 5.41) is -0.0577. The van der Waals surface area contributed by atoms with Crippen LogP contribution in [0.25, 0.3) is 0 Å². The summed E-state index contributed by atoms with van der Waals surface area (Å²) in [4.78, 5) is 92.0. The monoisotopic (exact) mass is 709 g/mol. The Morgan fingerprint density at radius 1 is 0.920 bits per heavy atom. The van der Waals surface area contributed by atoms with Crippen molar-refractivity contribution >= 4 is 41.4 Å². The van der Waals surface area contributed by atoms with Crippen LogP contribution in [0.1, 0.15) is 57.6 Å². The minimum Gasteiger partial charge on any atom is -0.463 e. The van der Waals surface area contributed by atoms with Crippen molar-refractivity contribution in [2.45, 2.75) is 38.7 Å². The Hall–Kier alpha value is -6.00. The summed E-state index contributed by atoms with van der Waals surface area (Å²) < 4.78 is 42.0. The zero-order valence-electron chi connectivity index (χ0n) is 26.1. The van der Waals surface area contributed by atoms with Gasteiger partial charge in [-0.25, -0.2) is 19.4 Å². The molecule has 15 nitrogen and oxygen atoms in total. The molecule has 0 N–H and O–H groups in total. The minimum absolute atomic E-state index is 0.0114. The lowest BCUT2D eigenvalue weighted by Crippen LogP contribution is -2.46. The van der Waals surface area contributed by atoms with Crippen LogP contribution in [0.5, 0.6) is 11.6 Å². The SMILES string of the molecule is CC(=O)OC[C@H]1O[C@@H](n2cc(F)c(=O)n(C(=O)c3cccc(C(=O)Oc4cc(OC(=O)c5ccccc5)c(Cl)cn4)c3)c2=O)C[C@@H]1OC(C)=O. The van der Waals surface area contributed by atoms with E-state index in [-0.39, 0.29) is 50.9 Å². The molecule has 4 aromatic rings. The third kappa shape index (κ3) is 7.99. The molecule has 2 aromatic heterocycles. The number of hydrogen-bond donors (Lipinski definition) is 0. The number of hydrogen-bond acceptors (Lipinski definition) is 13. The van der Waals surface area contributed by atoms with E-state index in [2.05, 4.69) is 4.98 Å². The number of pyridine rings is 1. The van der Waals surface area contributed by atoms with Crippen molar-refractivity contribution in [3.05, 3.63) is 121 Å². The van der Waals surface area contributed by atoms with Crippen molar-refractivity contribution in [2.75, 3.05) is 6.61 Å². The predicted octanol–water partition coefficient (Wildman–Crippen LogP) is 3.11. The number of nitrogens with zero attached hydrogens (tertiary/aromatic N) is 3. The molecule has 0 unspecified atom stereocenters. The standard InChI is InChI=1S/C33H25ClFN3O12/c1-17(39)46-16-26-25(47-18(2)40)13-28(48-26)37-15-23(35)30(42)38(33(37)45)29(41)20-9-6-10-21(11-20)32(44)50-27-12-24(22(34)14-36-27)49-31(43)19-7-4-3-5-8-19/h3-12,14-15,25-26,28H,13,16H2,1-2H3/t25-,26+,28+/m0/s1. The molecule has 1 aliphatic heterocycles. The third-order valence-electron chi connectivity index (χ3n) is 7.08. The second kappa shape index (κ2) is 15.0. The Bertz CT molecular complexity index is 2120. The fraction of sp³-hybridized carbons (Fsp3) is 0.212. The third-order valence-corrected chi connectivity index (χ3v) is 7.37. The summed E-state index contributed by atoms with van der Waals surface area (Å²) in [5.74, 6) is -6.43. The molecule has 0 saturated carbocycles. The van der Waals surface area contributed by atoms with Crippen LogP contribution in [0.15, 0.2) is 82.6 Å². The molecule has 5 rings (SSSR count). The van der Waals surface area contributed by atoms with Crippen LogP contribution in [0.2, 0.25) is 5.02 Å². The second-order valence-corrected chi connectivity index (χ2v) is 11.0. The summed E-state index contributed by atoms with van der Waals surface area (Å²) in [7, 11) is 0. The van der Waals surface area contributed by atoms with E-state index in [1.165, 1.54) is 30.3 Å². The number of halogens is 2. The van der Waals surface area contributed by atoms with Gasteiger partial charge in [-0.15, -0.1) is 0 Å². The summed E-state index contributed by atoms with van der Waals surface area (Å²) in [5.41, 5.74) is -3.28. The first-order valence-electron chi connectivity index (χ1n) is 14.6. The minimum atomic E-state index is -1.59. The van der Waals surface area contributed by atoms with Crippen molar-refractivity contribution in [1.82, 2.24) is 14.1 Å². The van der Waals surface area contributed by atoms with Crippen LogP contribution >= 0.6 is 11.6 Å². The van der Waals surface area contributed by atoms with E-state index in [0.29, 0.717) is 10.8 Å².